The molecule has 5 heterocycles. The minimum Gasteiger partial charge on any atom is -0.456 e. The van der Waals surface area contributed by atoms with Crippen LogP contribution in [0.3, 0.4) is 0 Å². The van der Waals surface area contributed by atoms with E-state index in [1.54, 1.807) is 6.20 Å². The molecule has 0 aliphatic rings. The zero-order valence-corrected chi connectivity index (χ0v) is 30.3. The van der Waals surface area contributed by atoms with Crippen molar-refractivity contribution >= 4 is 65.7 Å². The summed E-state index contributed by atoms with van der Waals surface area (Å²) >= 11 is 0. The third-order valence-electron chi connectivity index (χ3n) is 11.0. The van der Waals surface area contributed by atoms with Crippen LogP contribution in [-0.4, -0.2) is 24.5 Å². The van der Waals surface area contributed by atoms with E-state index in [2.05, 4.69) is 113 Å². The summed E-state index contributed by atoms with van der Waals surface area (Å²) < 4.78 is 14.9. The van der Waals surface area contributed by atoms with Gasteiger partial charge in [-0.3, -0.25) is 4.98 Å². The molecule has 0 radical (unpaired) electrons. The molecular weight excluding hydrogens is 703 g/mol. The lowest BCUT2D eigenvalue weighted by atomic mass is 9.96. The number of fused-ring (bicyclic) bond motifs is 9. The van der Waals surface area contributed by atoms with Crippen LogP contribution in [0, 0.1) is 0 Å². The Hall–Kier alpha value is -7.90. The highest BCUT2D eigenvalue weighted by atomic mass is 16.3. The third-order valence-corrected chi connectivity index (χ3v) is 11.0. The number of furan rings is 2. The second-order valence-corrected chi connectivity index (χ2v) is 14.2. The molecule has 0 fully saturated rings. The fourth-order valence-corrected chi connectivity index (χ4v) is 8.45. The normalized spacial score (nSPS) is 11.9. The standard InChI is InChI=1S/C50H29N5O2/c1-2-17-36(31(13-1)39-28-51-29-46-47(39)38-19-7-12-24-44(38)57-46)49-52-48(30-25-26-35-34-16-6-11-23-43(34)56-45(35)27-30)53-50(54-49)37-18-5-10-22-42(37)55-40-20-8-3-14-32(40)33-15-4-9-21-41(33)55/h1-29H. The van der Waals surface area contributed by atoms with Crippen molar-refractivity contribution < 1.29 is 8.83 Å². The predicted molar refractivity (Wildman–Crippen MR) is 228 cm³/mol. The second-order valence-electron chi connectivity index (χ2n) is 14.2. The van der Waals surface area contributed by atoms with Gasteiger partial charge in [-0.15, -0.1) is 0 Å². The summed E-state index contributed by atoms with van der Waals surface area (Å²) in [6, 6.07) is 56.0. The molecule has 0 saturated carbocycles. The van der Waals surface area contributed by atoms with E-state index in [1.807, 2.05) is 66.9 Å². The first-order valence-electron chi connectivity index (χ1n) is 18.9. The maximum absolute atomic E-state index is 6.35. The monoisotopic (exact) mass is 731 g/mol. The summed E-state index contributed by atoms with van der Waals surface area (Å²) in [5.41, 5.74) is 10.7. The van der Waals surface area contributed by atoms with Gasteiger partial charge >= 0.3 is 0 Å². The highest BCUT2D eigenvalue weighted by Crippen LogP contribution is 2.41. The van der Waals surface area contributed by atoms with Gasteiger partial charge in [-0.2, -0.15) is 0 Å². The SMILES string of the molecule is c1ccc(-c2cncc3oc4ccccc4c23)c(-c2nc(-c3ccc4c(c3)oc3ccccc34)nc(-c3ccccc3-n3c4ccccc4c4ccccc43)n2)c1. The summed E-state index contributed by atoms with van der Waals surface area (Å²) in [5, 5.41) is 6.49. The maximum atomic E-state index is 6.35. The molecule has 7 aromatic carbocycles. The van der Waals surface area contributed by atoms with Crippen LogP contribution in [0.5, 0.6) is 0 Å². The lowest BCUT2D eigenvalue weighted by Gasteiger charge is -2.15. The number of aromatic nitrogens is 5. The van der Waals surface area contributed by atoms with Gasteiger partial charge in [0.1, 0.15) is 16.7 Å². The van der Waals surface area contributed by atoms with Crippen LogP contribution in [0.15, 0.2) is 185 Å². The number of nitrogens with zero attached hydrogens (tertiary/aromatic N) is 5. The summed E-state index contributed by atoms with van der Waals surface area (Å²) in [4.78, 5) is 20.5. The first-order chi connectivity index (χ1) is 28.3. The van der Waals surface area contributed by atoms with E-state index in [9.17, 15) is 0 Å². The van der Waals surface area contributed by atoms with E-state index >= 15 is 0 Å². The van der Waals surface area contributed by atoms with Gasteiger partial charge in [-0.25, -0.2) is 15.0 Å². The topological polar surface area (TPSA) is 82.8 Å². The van der Waals surface area contributed by atoms with Gasteiger partial charge in [0, 0.05) is 60.8 Å². The van der Waals surface area contributed by atoms with Gasteiger partial charge in [-0.05, 0) is 54.1 Å². The molecule has 5 aromatic heterocycles. The Kier molecular flexibility index (Phi) is 6.79. The molecule has 57 heavy (non-hydrogen) atoms. The van der Waals surface area contributed by atoms with E-state index in [0.717, 1.165) is 88.4 Å². The van der Waals surface area contributed by atoms with Crippen LogP contribution >= 0.6 is 0 Å². The van der Waals surface area contributed by atoms with Crippen molar-refractivity contribution in [2.75, 3.05) is 0 Å². The molecule has 7 heteroatoms. The summed E-state index contributed by atoms with van der Waals surface area (Å²) in [6.45, 7) is 0. The number of pyridine rings is 1. The zero-order valence-electron chi connectivity index (χ0n) is 30.3. The molecule has 7 nitrogen and oxygen atoms in total. The molecule has 0 spiro atoms. The minimum atomic E-state index is 0.536. The number of hydrogen-bond acceptors (Lipinski definition) is 6. The maximum Gasteiger partial charge on any atom is 0.166 e. The van der Waals surface area contributed by atoms with Crippen LogP contribution in [0.4, 0.5) is 0 Å². The van der Waals surface area contributed by atoms with Crippen LogP contribution in [0.25, 0.3) is 117 Å². The molecule has 12 aromatic rings. The fourth-order valence-electron chi connectivity index (χ4n) is 8.45. The van der Waals surface area contributed by atoms with Crippen molar-refractivity contribution in [3.05, 3.63) is 176 Å². The molecule has 0 N–H and O–H groups in total. The fraction of sp³-hybridized carbons (Fsp3) is 0. The average Bonchev–Trinajstić information content (AvgIpc) is 3.96. The molecule has 0 amide bonds. The Balaban J connectivity index is 1.13. The molecule has 266 valence electrons. The quantitative estimate of drug-likeness (QED) is 0.175. The largest absolute Gasteiger partial charge is 0.456 e. The number of para-hydroxylation sites is 5. The Labute approximate surface area is 325 Å². The molecule has 0 bridgehead atoms. The van der Waals surface area contributed by atoms with E-state index in [-0.39, 0.29) is 0 Å². The van der Waals surface area contributed by atoms with E-state index in [1.165, 1.54) is 10.8 Å². The van der Waals surface area contributed by atoms with Gasteiger partial charge in [0.2, 0.25) is 0 Å². The van der Waals surface area contributed by atoms with Crippen molar-refractivity contribution in [2.45, 2.75) is 0 Å². The zero-order chi connectivity index (χ0) is 37.5. The third kappa shape index (κ3) is 4.86. The summed E-state index contributed by atoms with van der Waals surface area (Å²) in [5.74, 6) is 1.63. The number of hydrogen-bond donors (Lipinski definition) is 0. The first kappa shape index (κ1) is 31.5. The Morgan fingerprint density at radius 1 is 0.368 bits per heavy atom. The molecule has 0 atom stereocenters. The van der Waals surface area contributed by atoms with Crippen LogP contribution in [0.2, 0.25) is 0 Å². The van der Waals surface area contributed by atoms with E-state index in [0.29, 0.717) is 17.5 Å². The minimum absolute atomic E-state index is 0.536. The van der Waals surface area contributed by atoms with Gasteiger partial charge in [0.05, 0.1) is 22.9 Å². The smallest absolute Gasteiger partial charge is 0.166 e. The van der Waals surface area contributed by atoms with E-state index in [4.69, 9.17) is 23.8 Å². The second kappa shape index (κ2) is 12.3. The van der Waals surface area contributed by atoms with Crippen molar-refractivity contribution in [1.82, 2.24) is 24.5 Å². The van der Waals surface area contributed by atoms with Crippen LogP contribution < -0.4 is 0 Å². The van der Waals surface area contributed by atoms with E-state index < -0.39 is 0 Å². The molecule has 0 saturated heterocycles. The van der Waals surface area contributed by atoms with Gasteiger partial charge in [0.25, 0.3) is 0 Å². The molecule has 0 aliphatic carbocycles. The number of benzene rings is 7. The van der Waals surface area contributed by atoms with Crippen LogP contribution in [0.1, 0.15) is 0 Å². The highest BCUT2D eigenvalue weighted by Gasteiger charge is 2.22. The molecule has 0 unspecified atom stereocenters. The Bertz CT molecular complexity index is 3500. The number of rotatable bonds is 5. The van der Waals surface area contributed by atoms with Crippen molar-refractivity contribution in [1.29, 1.82) is 0 Å². The van der Waals surface area contributed by atoms with Crippen molar-refractivity contribution in [3.8, 4) is 51.0 Å². The lowest BCUT2D eigenvalue weighted by Crippen LogP contribution is -2.04. The van der Waals surface area contributed by atoms with Gasteiger partial charge < -0.3 is 13.4 Å². The lowest BCUT2D eigenvalue weighted by molar-refractivity contribution is 0.667. The highest BCUT2D eigenvalue weighted by molar-refractivity contribution is 6.13. The molecule has 12 rings (SSSR count). The van der Waals surface area contributed by atoms with Gasteiger partial charge in [0.15, 0.2) is 23.1 Å². The summed E-state index contributed by atoms with van der Waals surface area (Å²) in [7, 11) is 0. The first-order valence-corrected chi connectivity index (χ1v) is 18.9. The predicted octanol–water partition coefficient (Wildman–Crippen LogP) is 12.8. The average molecular weight is 732 g/mol. The van der Waals surface area contributed by atoms with Gasteiger partial charge in [-0.1, -0.05) is 115 Å². The van der Waals surface area contributed by atoms with Crippen molar-refractivity contribution in [2.24, 2.45) is 0 Å². The van der Waals surface area contributed by atoms with Crippen molar-refractivity contribution in [3.63, 3.8) is 0 Å². The Morgan fingerprint density at radius 2 is 0.912 bits per heavy atom. The summed E-state index contributed by atoms with van der Waals surface area (Å²) in [6.07, 6.45) is 3.68. The van der Waals surface area contributed by atoms with Crippen LogP contribution in [-0.2, 0) is 0 Å². The molecular formula is C50H29N5O2. The molecule has 0 aliphatic heterocycles. The Morgan fingerprint density at radius 3 is 1.68 bits per heavy atom.